The van der Waals surface area contributed by atoms with Gasteiger partial charge in [0.05, 0.1) is 5.56 Å². The Morgan fingerprint density at radius 3 is 2.15 bits per heavy atom. The molecule has 1 rings (SSSR count). The molecule has 0 aliphatic carbocycles. The number of primary amides is 1. The van der Waals surface area contributed by atoms with E-state index in [-0.39, 0.29) is 5.56 Å². The van der Waals surface area contributed by atoms with Gasteiger partial charge in [-0.3, -0.25) is 4.79 Å². The Labute approximate surface area is 75.1 Å². The number of hydrogen-bond acceptors (Lipinski definition) is 3. The smallest absolute Gasteiger partial charge is 0.430 e. The zero-order valence-electron chi connectivity index (χ0n) is 6.77. The predicted octanol–water partition coefficient (Wildman–Crippen LogP) is -0.838. The fraction of sp³-hybridized carbons (Fsp3) is 0. The van der Waals surface area contributed by atoms with Gasteiger partial charge in [0, 0.05) is 0 Å². The maximum absolute atomic E-state index is 12.5. The molecule has 0 aromatic heterocycles. The summed E-state index contributed by atoms with van der Waals surface area (Å²) in [5.41, 5.74) is 4.77. The molecule has 0 fully saturated rings. The second-order valence-corrected chi connectivity index (χ2v) is 1.99. The lowest BCUT2D eigenvalue weighted by atomic mass is 10.2. The molecule has 0 saturated heterocycles. The van der Waals surface area contributed by atoms with Crippen molar-refractivity contribution in [3.05, 3.63) is 35.6 Å². The molecule has 0 unspecified atom stereocenters. The summed E-state index contributed by atoms with van der Waals surface area (Å²) in [4.78, 5) is 10.4. The SMILES string of the molecule is NC(=O)c1ccccc1F.OBO. The highest BCUT2D eigenvalue weighted by atomic mass is 19.1. The first kappa shape index (κ1) is 11.6. The van der Waals surface area contributed by atoms with Gasteiger partial charge >= 0.3 is 7.69 Å². The van der Waals surface area contributed by atoms with Crippen LogP contribution in [-0.4, -0.2) is 23.6 Å². The molecule has 0 bridgehead atoms. The van der Waals surface area contributed by atoms with E-state index in [9.17, 15) is 9.18 Å². The quantitative estimate of drug-likeness (QED) is 0.499. The van der Waals surface area contributed by atoms with Crippen molar-refractivity contribution in [3.8, 4) is 0 Å². The van der Waals surface area contributed by atoms with Gasteiger partial charge in [-0.05, 0) is 12.1 Å². The summed E-state index contributed by atoms with van der Waals surface area (Å²) in [5.74, 6) is -1.31. The number of benzene rings is 1. The van der Waals surface area contributed by atoms with Crippen molar-refractivity contribution < 1.29 is 19.2 Å². The molecule has 4 nitrogen and oxygen atoms in total. The molecule has 6 heteroatoms. The van der Waals surface area contributed by atoms with Crippen LogP contribution in [0.25, 0.3) is 0 Å². The average Bonchev–Trinajstić information content (AvgIpc) is 2.06. The van der Waals surface area contributed by atoms with Gasteiger partial charge in [-0.1, -0.05) is 12.1 Å². The lowest BCUT2D eigenvalue weighted by Gasteiger charge is -1.94. The van der Waals surface area contributed by atoms with E-state index in [1.54, 1.807) is 6.07 Å². The molecule has 13 heavy (non-hydrogen) atoms. The molecule has 0 aliphatic heterocycles. The molecule has 0 aliphatic rings. The van der Waals surface area contributed by atoms with Crippen LogP contribution in [0.4, 0.5) is 4.39 Å². The normalized spacial score (nSPS) is 8.23. The van der Waals surface area contributed by atoms with E-state index in [2.05, 4.69) is 0 Å². The van der Waals surface area contributed by atoms with Gasteiger partial charge in [0.25, 0.3) is 5.91 Å². The number of carbonyl (C=O) groups excluding carboxylic acids is 1. The molecule has 1 aromatic carbocycles. The van der Waals surface area contributed by atoms with Crippen LogP contribution in [0.2, 0.25) is 0 Å². The standard InChI is InChI=1S/C7H6FNO.BH3O2/c8-6-4-2-1-3-5(6)7(9)10;2-1-3/h1-4H,(H2,9,10);1-3H. The first-order valence-corrected chi connectivity index (χ1v) is 3.39. The van der Waals surface area contributed by atoms with Gasteiger partial charge in [-0.15, -0.1) is 0 Å². The van der Waals surface area contributed by atoms with Crippen LogP contribution in [0.3, 0.4) is 0 Å². The Morgan fingerprint density at radius 1 is 1.38 bits per heavy atom. The van der Waals surface area contributed by atoms with Crippen LogP contribution < -0.4 is 5.73 Å². The van der Waals surface area contributed by atoms with Crippen molar-refractivity contribution in [1.29, 1.82) is 0 Å². The number of nitrogens with two attached hydrogens (primary N) is 1. The van der Waals surface area contributed by atoms with Crippen LogP contribution in [0.1, 0.15) is 10.4 Å². The van der Waals surface area contributed by atoms with E-state index < -0.39 is 19.4 Å². The minimum absolute atomic E-state index is 0.0671. The van der Waals surface area contributed by atoms with Crippen molar-refractivity contribution in [2.75, 3.05) is 0 Å². The van der Waals surface area contributed by atoms with E-state index in [0.29, 0.717) is 0 Å². The van der Waals surface area contributed by atoms with Crippen LogP contribution in [-0.2, 0) is 0 Å². The molecule has 1 aromatic rings. The van der Waals surface area contributed by atoms with Crippen LogP contribution in [0.5, 0.6) is 0 Å². The highest BCUT2D eigenvalue weighted by Gasteiger charge is 2.04. The first-order valence-electron chi connectivity index (χ1n) is 3.39. The Bertz CT molecular complexity index is 282. The third-order valence-electron chi connectivity index (χ3n) is 1.14. The Kier molecular flexibility index (Phi) is 5.50. The van der Waals surface area contributed by atoms with E-state index in [0.717, 1.165) is 0 Å². The second kappa shape index (κ2) is 6.16. The zero-order chi connectivity index (χ0) is 10.3. The Hall–Kier alpha value is -1.40. The van der Waals surface area contributed by atoms with Crippen LogP contribution in [0.15, 0.2) is 24.3 Å². The van der Waals surface area contributed by atoms with Crippen LogP contribution >= 0.6 is 0 Å². The minimum atomic E-state index is -0.750. The second-order valence-electron chi connectivity index (χ2n) is 1.99. The molecule has 0 atom stereocenters. The molecule has 0 radical (unpaired) electrons. The lowest BCUT2D eigenvalue weighted by molar-refractivity contribution is 0.0996. The molecule has 0 spiro atoms. The van der Waals surface area contributed by atoms with Gasteiger partial charge in [0.2, 0.25) is 0 Å². The third-order valence-corrected chi connectivity index (χ3v) is 1.14. The van der Waals surface area contributed by atoms with E-state index in [1.807, 2.05) is 0 Å². The summed E-state index contributed by atoms with van der Waals surface area (Å²) < 4.78 is 12.5. The highest BCUT2D eigenvalue weighted by molar-refractivity contribution is 6.13. The zero-order valence-corrected chi connectivity index (χ0v) is 6.77. The maximum Gasteiger partial charge on any atom is 0.432 e. The van der Waals surface area contributed by atoms with E-state index in [4.69, 9.17) is 15.8 Å². The van der Waals surface area contributed by atoms with Gasteiger partial charge in [-0.25, -0.2) is 4.39 Å². The fourth-order valence-electron chi connectivity index (χ4n) is 0.661. The molecule has 4 N–H and O–H groups in total. The summed E-state index contributed by atoms with van der Waals surface area (Å²) in [7, 11) is -0.750. The maximum atomic E-state index is 12.5. The van der Waals surface area contributed by atoms with E-state index in [1.165, 1.54) is 18.2 Å². The summed E-state index contributed by atoms with van der Waals surface area (Å²) in [6.07, 6.45) is 0. The van der Waals surface area contributed by atoms with Crippen molar-refractivity contribution in [2.45, 2.75) is 0 Å². The third kappa shape index (κ3) is 4.24. The topological polar surface area (TPSA) is 83.6 Å². The minimum Gasteiger partial charge on any atom is -0.430 e. The average molecular weight is 185 g/mol. The largest absolute Gasteiger partial charge is 0.432 e. The highest BCUT2D eigenvalue weighted by Crippen LogP contribution is 2.03. The summed E-state index contributed by atoms with van der Waals surface area (Å²) in [6.45, 7) is 0. The van der Waals surface area contributed by atoms with E-state index >= 15 is 0 Å². The monoisotopic (exact) mass is 185 g/mol. The number of rotatable bonds is 1. The van der Waals surface area contributed by atoms with Gasteiger partial charge in [0.1, 0.15) is 5.82 Å². The molecular weight excluding hydrogens is 176 g/mol. The number of carbonyl (C=O) groups is 1. The molecule has 0 heterocycles. The number of hydrogen-bond donors (Lipinski definition) is 3. The molecule has 1 amide bonds. The fourth-order valence-corrected chi connectivity index (χ4v) is 0.661. The van der Waals surface area contributed by atoms with Crippen LogP contribution in [0, 0.1) is 5.82 Å². The summed E-state index contributed by atoms with van der Waals surface area (Å²) >= 11 is 0. The van der Waals surface area contributed by atoms with Crippen molar-refractivity contribution in [3.63, 3.8) is 0 Å². The van der Waals surface area contributed by atoms with Crippen molar-refractivity contribution in [2.24, 2.45) is 5.73 Å². The Morgan fingerprint density at radius 2 is 1.85 bits per heavy atom. The summed E-state index contributed by atoms with van der Waals surface area (Å²) in [6, 6.07) is 5.60. The molecular formula is C7H9BFNO3. The van der Waals surface area contributed by atoms with Gasteiger partial charge in [-0.2, -0.15) is 0 Å². The van der Waals surface area contributed by atoms with Gasteiger partial charge < -0.3 is 15.8 Å². The van der Waals surface area contributed by atoms with Crippen molar-refractivity contribution in [1.82, 2.24) is 0 Å². The van der Waals surface area contributed by atoms with Gasteiger partial charge in [0.15, 0.2) is 0 Å². The predicted molar refractivity (Wildman–Crippen MR) is 46.5 cm³/mol. The molecule has 70 valence electrons. The lowest BCUT2D eigenvalue weighted by Crippen LogP contribution is -2.12. The first-order chi connectivity index (χ1) is 6.13. The van der Waals surface area contributed by atoms with Crippen molar-refractivity contribution >= 4 is 13.6 Å². The Balaban J connectivity index is 0.000000424. The number of amides is 1. The number of halogens is 1. The molecule has 0 saturated carbocycles. The summed E-state index contributed by atoms with van der Waals surface area (Å²) in [5, 5.41) is 14.2.